The van der Waals surface area contributed by atoms with Gasteiger partial charge in [-0.05, 0) is 43.1 Å². The molecule has 0 N–H and O–H groups in total. The molecule has 1 fully saturated rings. The molecular formula is C30H33N5O. The molecule has 1 saturated heterocycles. The van der Waals surface area contributed by atoms with Crippen molar-refractivity contribution in [2.45, 2.75) is 19.8 Å². The normalized spacial score (nSPS) is 14.6. The number of nitrogens with zero attached hydrogens (tertiary/aromatic N) is 5. The number of pyridine rings is 1. The number of hydrogen-bond acceptors (Lipinski definition) is 4. The second-order valence-electron chi connectivity index (χ2n) is 9.51. The average molecular weight is 480 g/mol. The summed E-state index contributed by atoms with van der Waals surface area (Å²) in [6, 6.07) is 17.9. The first-order valence-corrected chi connectivity index (χ1v) is 12.7. The first-order chi connectivity index (χ1) is 17.5. The maximum Gasteiger partial charge on any atom is 0.264 e. The summed E-state index contributed by atoms with van der Waals surface area (Å²) in [5.41, 5.74) is 4.65. The van der Waals surface area contributed by atoms with E-state index in [1.807, 2.05) is 71.0 Å². The van der Waals surface area contributed by atoms with Crippen LogP contribution in [0.25, 0.3) is 16.5 Å². The minimum Gasteiger partial charge on any atom is -0.304 e. The molecule has 36 heavy (non-hydrogen) atoms. The smallest absolute Gasteiger partial charge is 0.264 e. The SMILES string of the molecule is CCc1cc2cccc(C#Cc3cnn(C)c3CCN3CCN(C)CC3)c2c(=O)n1-c1ccccc1. The minimum atomic E-state index is -0.0260. The van der Waals surface area contributed by atoms with E-state index in [4.69, 9.17) is 0 Å². The molecule has 3 heterocycles. The molecule has 2 aromatic carbocycles. The van der Waals surface area contributed by atoms with Crippen LogP contribution in [0, 0.1) is 11.8 Å². The van der Waals surface area contributed by atoms with Gasteiger partial charge in [0, 0.05) is 63.1 Å². The van der Waals surface area contributed by atoms with Gasteiger partial charge < -0.3 is 9.80 Å². The fraction of sp³-hybridized carbons (Fsp3) is 0.333. The largest absolute Gasteiger partial charge is 0.304 e. The highest BCUT2D eigenvalue weighted by atomic mass is 16.1. The topological polar surface area (TPSA) is 46.3 Å². The highest BCUT2D eigenvalue weighted by Gasteiger charge is 2.16. The van der Waals surface area contributed by atoms with Crippen molar-refractivity contribution in [3.8, 4) is 17.5 Å². The fourth-order valence-corrected chi connectivity index (χ4v) is 4.97. The molecule has 0 unspecified atom stereocenters. The Morgan fingerprint density at radius 3 is 2.42 bits per heavy atom. The standard InChI is InChI=1S/C30H33N5O/c1-4-26-21-24-10-8-9-23(29(24)30(36)35(26)27-11-6-5-7-12-27)13-14-25-22-31-33(3)28(25)15-16-34-19-17-32(2)18-20-34/h5-12,21-22H,4,15-20H2,1-3H3. The lowest BCUT2D eigenvalue weighted by Crippen LogP contribution is -2.45. The molecule has 0 aliphatic carbocycles. The molecule has 4 aromatic rings. The number of piperazine rings is 1. The molecule has 6 nitrogen and oxygen atoms in total. The monoisotopic (exact) mass is 479 g/mol. The summed E-state index contributed by atoms with van der Waals surface area (Å²) >= 11 is 0. The molecule has 0 atom stereocenters. The van der Waals surface area contributed by atoms with E-state index in [9.17, 15) is 4.79 Å². The summed E-state index contributed by atoms with van der Waals surface area (Å²) in [5, 5.41) is 6.07. The van der Waals surface area contributed by atoms with Crippen molar-refractivity contribution in [1.29, 1.82) is 0 Å². The van der Waals surface area contributed by atoms with Crippen LogP contribution in [0.1, 0.15) is 29.4 Å². The number of para-hydroxylation sites is 1. The number of aryl methyl sites for hydroxylation is 2. The number of rotatable bonds is 5. The van der Waals surface area contributed by atoms with Crippen LogP contribution in [0.15, 0.2) is 65.6 Å². The number of hydrogen-bond donors (Lipinski definition) is 0. The zero-order chi connectivity index (χ0) is 25.1. The Kier molecular flexibility index (Phi) is 7.04. The third-order valence-corrected chi connectivity index (χ3v) is 7.15. The van der Waals surface area contributed by atoms with Crippen LogP contribution in [-0.4, -0.2) is 63.9 Å². The number of fused-ring (bicyclic) bond motifs is 1. The first-order valence-electron chi connectivity index (χ1n) is 12.7. The van der Waals surface area contributed by atoms with E-state index in [-0.39, 0.29) is 5.56 Å². The highest BCUT2D eigenvalue weighted by Crippen LogP contribution is 2.20. The third-order valence-electron chi connectivity index (χ3n) is 7.15. The van der Waals surface area contributed by atoms with Gasteiger partial charge in [0.15, 0.2) is 0 Å². The predicted octanol–water partition coefficient (Wildman–Crippen LogP) is 3.48. The minimum absolute atomic E-state index is 0.0260. The Bertz CT molecular complexity index is 1480. The van der Waals surface area contributed by atoms with Gasteiger partial charge in [0.25, 0.3) is 5.56 Å². The summed E-state index contributed by atoms with van der Waals surface area (Å²) < 4.78 is 3.75. The summed E-state index contributed by atoms with van der Waals surface area (Å²) in [6.45, 7) is 7.49. The van der Waals surface area contributed by atoms with Crippen molar-refractivity contribution in [2.24, 2.45) is 7.05 Å². The van der Waals surface area contributed by atoms with Gasteiger partial charge in [0.2, 0.25) is 0 Å². The fourth-order valence-electron chi connectivity index (χ4n) is 4.97. The average Bonchev–Trinajstić information content (AvgIpc) is 3.26. The van der Waals surface area contributed by atoms with Gasteiger partial charge >= 0.3 is 0 Å². The summed E-state index contributed by atoms with van der Waals surface area (Å²) in [7, 11) is 4.16. The van der Waals surface area contributed by atoms with Crippen LogP contribution >= 0.6 is 0 Å². The Morgan fingerprint density at radius 2 is 1.67 bits per heavy atom. The highest BCUT2D eigenvalue weighted by molar-refractivity contribution is 5.88. The van der Waals surface area contributed by atoms with Gasteiger partial charge in [-0.2, -0.15) is 5.10 Å². The van der Waals surface area contributed by atoms with Gasteiger partial charge in [-0.3, -0.25) is 14.0 Å². The molecule has 5 rings (SSSR count). The zero-order valence-electron chi connectivity index (χ0n) is 21.4. The molecule has 0 radical (unpaired) electrons. The Labute approximate surface area is 212 Å². The van der Waals surface area contributed by atoms with Gasteiger partial charge in [0.1, 0.15) is 0 Å². The maximum atomic E-state index is 13.8. The maximum absolute atomic E-state index is 13.8. The van der Waals surface area contributed by atoms with Crippen LogP contribution < -0.4 is 5.56 Å². The molecule has 184 valence electrons. The van der Waals surface area contributed by atoms with E-state index in [0.717, 1.165) is 79.2 Å². The van der Waals surface area contributed by atoms with Crippen molar-refractivity contribution in [3.05, 3.63) is 93.7 Å². The third kappa shape index (κ3) is 4.86. The van der Waals surface area contributed by atoms with E-state index in [2.05, 4.69) is 46.8 Å². The van der Waals surface area contributed by atoms with Crippen LogP contribution in [0.5, 0.6) is 0 Å². The van der Waals surface area contributed by atoms with E-state index in [1.54, 1.807) is 0 Å². The molecular weight excluding hydrogens is 446 g/mol. The van der Waals surface area contributed by atoms with Crippen molar-refractivity contribution in [1.82, 2.24) is 24.1 Å². The second-order valence-corrected chi connectivity index (χ2v) is 9.51. The molecule has 0 bridgehead atoms. The van der Waals surface area contributed by atoms with Crippen LogP contribution in [0.2, 0.25) is 0 Å². The van der Waals surface area contributed by atoms with Crippen LogP contribution in [-0.2, 0) is 19.9 Å². The lowest BCUT2D eigenvalue weighted by molar-refractivity contribution is 0.155. The summed E-state index contributed by atoms with van der Waals surface area (Å²) in [4.78, 5) is 18.7. The molecule has 0 saturated carbocycles. The molecule has 1 aliphatic heterocycles. The molecule has 0 spiro atoms. The van der Waals surface area contributed by atoms with Gasteiger partial charge in [0.05, 0.1) is 22.8 Å². The quantitative estimate of drug-likeness (QED) is 0.411. The summed E-state index contributed by atoms with van der Waals surface area (Å²) in [5.74, 6) is 6.67. The second kappa shape index (κ2) is 10.5. The molecule has 6 heteroatoms. The number of aromatic nitrogens is 3. The molecule has 1 aliphatic rings. The lowest BCUT2D eigenvalue weighted by atomic mass is 10.0. The number of benzene rings is 2. The summed E-state index contributed by atoms with van der Waals surface area (Å²) in [6.07, 6.45) is 3.51. The lowest BCUT2D eigenvalue weighted by Gasteiger charge is -2.32. The van der Waals surface area contributed by atoms with Gasteiger partial charge in [-0.15, -0.1) is 0 Å². The van der Waals surface area contributed by atoms with Crippen molar-refractivity contribution >= 4 is 10.8 Å². The number of likely N-dealkylation sites (N-methyl/N-ethyl adjacent to an activating group) is 1. The van der Waals surface area contributed by atoms with Crippen molar-refractivity contribution < 1.29 is 0 Å². The van der Waals surface area contributed by atoms with E-state index in [0.29, 0.717) is 5.39 Å². The Morgan fingerprint density at radius 1 is 0.917 bits per heavy atom. The van der Waals surface area contributed by atoms with E-state index in [1.165, 1.54) is 0 Å². The predicted molar refractivity (Wildman–Crippen MR) is 146 cm³/mol. The van der Waals surface area contributed by atoms with E-state index >= 15 is 0 Å². The molecule has 2 aromatic heterocycles. The zero-order valence-corrected chi connectivity index (χ0v) is 21.4. The van der Waals surface area contributed by atoms with Crippen LogP contribution in [0.4, 0.5) is 0 Å². The molecule has 0 amide bonds. The Balaban J connectivity index is 1.50. The van der Waals surface area contributed by atoms with Crippen molar-refractivity contribution in [3.63, 3.8) is 0 Å². The van der Waals surface area contributed by atoms with E-state index < -0.39 is 0 Å². The van der Waals surface area contributed by atoms with Gasteiger partial charge in [-0.1, -0.05) is 49.1 Å². The Hall–Kier alpha value is -3.66. The van der Waals surface area contributed by atoms with Gasteiger partial charge in [-0.25, -0.2) is 0 Å². The van der Waals surface area contributed by atoms with Crippen LogP contribution in [0.3, 0.4) is 0 Å². The van der Waals surface area contributed by atoms with Crippen molar-refractivity contribution in [2.75, 3.05) is 39.8 Å². The first kappa shape index (κ1) is 24.1.